The van der Waals surface area contributed by atoms with E-state index in [1.807, 2.05) is 41.8 Å². The van der Waals surface area contributed by atoms with Gasteiger partial charge in [0.25, 0.3) is 17.6 Å². The number of fused-ring (bicyclic) bond motifs is 1. The van der Waals surface area contributed by atoms with E-state index in [-0.39, 0.29) is 11.3 Å². The maximum absolute atomic E-state index is 12.9. The molecule has 5 N–H and O–H groups in total. The van der Waals surface area contributed by atoms with Crippen molar-refractivity contribution in [2.45, 2.75) is 32.4 Å². The zero-order chi connectivity index (χ0) is 26.4. The number of nitrogens with one attached hydrogen (secondary N) is 1. The van der Waals surface area contributed by atoms with Gasteiger partial charge in [0.15, 0.2) is 6.61 Å². The first-order chi connectivity index (χ1) is 17.1. The lowest BCUT2D eigenvalue weighted by Gasteiger charge is -2.13. The topological polar surface area (TPSA) is 178 Å². The third kappa shape index (κ3) is 5.69. The minimum atomic E-state index is -1.64. The van der Waals surface area contributed by atoms with E-state index < -0.39 is 48.6 Å². The first kappa shape index (κ1) is 25.9. The highest BCUT2D eigenvalue weighted by molar-refractivity contribution is 6.45. The summed E-state index contributed by atoms with van der Waals surface area (Å²) in [5.41, 5.74) is 7.49. The van der Waals surface area contributed by atoms with Crippen LogP contribution in [0.15, 0.2) is 48.5 Å². The lowest BCUT2D eigenvalue weighted by Crippen LogP contribution is -2.44. The fraction of sp³-hybridized carbons (Fsp3) is 0.240. The predicted molar refractivity (Wildman–Crippen MR) is 128 cm³/mol. The van der Waals surface area contributed by atoms with E-state index in [1.165, 1.54) is 6.07 Å². The van der Waals surface area contributed by atoms with E-state index in [0.717, 1.165) is 5.56 Å². The summed E-state index contributed by atoms with van der Waals surface area (Å²) in [6.07, 6.45) is -0.415. The van der Waals surface area contributed by atoms with Crippen molar-refractivity contribution in [1.29, 1.82) is 0 Å². The summed E-state index contributed by atoms with van der Waals surface area (Å²) < 4.78 is 7.51. The molecule has 0 bridgehead atoms. The van der Waals surface area contributed by atoms with Crippen LogP contribution in [-0.4, -0.2) is 57.0 Å². The highest BCUT2D eigenvalue weighted by atomic mass is 16.5. The van der Waals surface area contributed by atoms with Gasteiger partial charge in [0.2, 0.25) is 0 Å². The Morgan fingerprint density at radius 2 is 1.72 bits per heavy atom. The largest absolute Gasteiger partial charge is 0.483 e. The Morgan fingerprint density at radius 1 is 1.03 bits per heavy atom. The quantitative estimate of drug-likeness (QED) is 0.215. The number of nitrogens with two attached hydrogens (primary N) is 1. The average molecular weight is 495 g/mol. The number of ketones is 1. The number of carboxylic acids is 2. The molecule has 0 saturated heterocycles. The van der Waals surface area contributed by atoms with Gasteiger partial charge in [0.05, 0.1) is 22.9 Å². The Kier molecular flexibility index (Phi) is 8.05. The molecule has 11 heteroatoms. The third-order valence-corrected chi connectivity index (χ3v) is 5.50. The lowest BCUT2D eigenvalue weighted by atomic mass is 10.0. The minimum Gasteiger partial charge on any atom is -0.483 e. The Morgan fingerprint density at radius 3 is 2.31 bits per heavy atom. The van der Waals surface area contributed by atoms with Gasteiger partial charge < -0.3 is 30.6 Å². The summed E-state index contributed by atoms with van der Waals surface area (Å²) in [5.74, 6) is -5.71. The van der Waals surface area contributed by atoms with Crippen LogP contribution < -0.4 is 15.8 Å². The zero-order valence-electron chi connectivity index (χ0n) is 19.4. The molecule has 11 nitrogen and oxygen atoms in total. The number of carbonyl (C=O) groups is 5. The summed E-state index contributed by atoms with van der Waals surface area (Å²) in [6, 6.07) is 12.7. The van der Waals surface area contributed by atoms with Crippen LogP contribution in [0.3, 0.4) is 0 Å². The summed E-state index contributed by atoms with van der Waals surface area (Å²) in [5, 5.41) is 20.3. The number of aromatic nitrogens is 1. The van der Waals surface area contributed by atoms with Gasteiger partial charge in [-0.25, -0.2) is 4.79 Å². The fourth-order valence-corrected chi connectivity index (χ4v) is 3.98. The number of Topliss-reactive ketones (excluding diaryl/α,β-unsaturated/α-hetero) is 1. The number of amides is 2. The van der Waals surface area contributed by atoms with Crippen LogP contribution in [-0.2, 0) is 32.1 Å². The van der Waals surface area contributed by atoms with E-state index in [1.54, 1.807) is 12.1 Å². The Balaban J connectivity index is 2.02. The molecule has 0 aliphatic rings. The maximum Gasteiger partial charge on any atom is 0.326 e. The first-order valence-corrected chi connectivity index (χ1v) is 11.0. The van der Waals surface area contributed by atoms with E-state index in [9.17, 15) is 24.0 Å². The van der Waals surface area contributed by atoms with Crippen molar-refractivity contribution in [2.75, 3.05) is 6.61 Å². The molecule has 1 unspecified atom stereocenters. The van der Waals surface area contributed by atoms with Gasteiger partial charge in [0, 0.05) is 12.2 Å². The summed E-state index contributed by atoms with van der Waals surface area (Å²) >= 11 is 0. The van der Waals surface area contributed by atoms with Crippen molar-refractivity contribution in [3.05, 3.63) is 65.4 Å². The molecule has 2 aromatic carbocycles. The molecule has 0 aliphatic heterocycles. The molecule has 0 saturated carbocycles. The van der Waals surface area contributed by atoms with E-state index >= 15 is 0 Å². The first-order valence-electron chi connectivity index (χ1n) is 11.0. The fourth-order valence-electron chi connectivity index (χ4n) is 3.98. The van der Waals surface area contributed by atoms with Gasteiger partial charge in [-0.1, -0.05) is 43.3 Å². The van der Waals surface area contributed by atoms with Crippen LogP contribution in [0.25, 0.3) is 10.9 Å². The number of ether oxygens (including phenoxy) is 1. The highest BCUT2D eigenvalue weighted by Gasteiger charge is 2.28. The van der Waals surface area contributed by atoms with E-state index in [4.69, 9.17) is 20.7 Å². The molecule has 2 amide bonds. The second-order valence-corrected chi connectivity index (χ2v) is 7.94. The molecular formula is C25H25N3O8. The van der Waals surface area contributed by atoms with Crippen LogP contribution in [0.2, 0.25) is 0 Å². The molecule has 188 valence electrons. The molecule has 1 aromatic heterocycles. The van der Waals surface area contributed by atoms with Crippen molar-refractivity contribution in [2.24, 2.45) is 5.73 Å². The maximum atomic E-state index is 12.9. The normalized spacial score (nSPS) is 11.6. The number of rotatable bonds is 12. The monoisotopic (exact) mass is 495 g/mol. The van der Waals surface area contributed by atoms with E-state index in [0.29, 0.717) is 29.6 Å². The molecule has 0 aliphatic carbocycles. The molecule has 36 heavy (non-hydrogen) atoms. The zero-order valence-corrected chi connectivity index (χ0v) is 19.4. The van der Waals surface area contributed by atoms with Crippen LogP contribution >= 0.6 is 0 Å². The summed E-state index contributed by atoms with van der Waals surface area (Å²) in [4.78, 5) is 59.1. The van der Waals surface area contributed by atoms with Crippen LogP contribution in [0, 0.1) is 0 Å². The van der Waals surface area contributed by atoms with Crippen molar-refractivity contribution in [1.82, 2.24) is 9.88 Å². The Labute approximate surface area is 205 Å². The molecular weight excluding hydrogens is 470 g/mol. The van der Waals surface area contributed by atoms with Crippen LogP contribution in [0.5, 0.6) is 5.75 Å². The van der Waals surface area contributed by atoms with Crippen LogP contribution in [0.4, 0.5) is 0 Å². The number of nitrogens with zero attached hydrogens (tertiary/aromatic N) is 1. The molecule has 0 radical (unpaired) electrons. The molecule has 3 aromatic rings. The van der Waals surface area contributed by atoms with Gasteiger partial charge in [-0.15, -0.1) is 0 Å². The Hall–Kier alpha value is -4.67. The predicted octanol–water partition coefficient (Wildman–Crippen LogP) is 1.34. The van der Waals surface area contributed by atoms with Crippen molar-refractivity contribution in [3.8, 4) is 5.75 Å². The standard InChI is InChI=1S/C25H25N3O8/c1-2-16-22(23(32)24(26)33)21-17(28(16)12-14-7-4-3-5-8-14)9-6-10-18(21)36-13-19(29)27-15(25(34)35)11-20(30)31/h3-10,15H,2,11-13H2,1H3,(H2,26,33)(H,27,29)(H,30,31)(H,34,35). The van der Waals surface area contributed by atoms with Crippen molar-refractivity contribution in [3.63, 3.8) is 0 Å². The number of carboxylic acid groups (broad SMARTS) is 2. The summed E-state index contributed by atoms with van der Waals surface area (Å²) in [7, 11) is 0. The molecule has 0 fully saturated rings. The number of hydrogen-bond donors (Lipinski definition) is 4. The number of primary amides is 1. The van der Waals surface area contributed by atoms with Gasteiger partial charge in [-0.3, -0.25) is 19.2 Å². The summed E-state index contributed by atoms with van der Waals surface area (Å²) in [6.45, 7) is 1.57. The smallest absolute Gasteiger partial charge is 0.326 e. The Bertz CT molecular complexity index is 1330. The molecule has 1 atom stereocenters. The molecule has 3 rings (SSSR count). The van der Waals surface area contributed by atoms with E-state index in [2.05, 4.69) is 5.32 Å². The third-order valence-electron chi connectivity index (χ3n) is 5.50. The van der Waals surface area contributed by atoms with Gasteiger partial charge in [0.1, 0.15) is 11.8 Å². The van der Waals surface area contributed by atoms with Crippen molar-refractivity contribution >= 4 is 40.4 Å². The second-order valence-electron chi connectivity index (χ2n) is 7.94. The van der Waals surface area contributed by atoms with Crippen LogP contribution in [0.1, 0.15) is 35.0 Å². The average Bonchev–Trinajstić information content (AvgIpc) is 3.15. The SMILES string of the molecule is CCc1c(C(=O)C(N)=O)c2c(OCC(=O)NC(CC(=O)O)C(=O)O)cccc2n1Cc1ccccc1. The highest BCUT2D eigenvalue weighted by Crippen LogP contribution is 2.35. The lowest BCUT2D eigenvalue weighted by molar-refractivity contribution is -0.147. The number of carbonyl (C=O) groups excluding carboxylic acids is 3. The number of hydrogen-bond acceptors (Lipinski definition) is 6. The van der Waals surface area contributed by atoms with Gasteiger partial charge in [-0.2, -0.15) is 0 Å². The van der Waals surface area contributed by atoms with Gasteiger partial charge >= 0.3 is 11.9 Å². The number of aliphatic carboxylic acids is 2. The number of benzene rings is 2. The molecule has 1 heterocycles. The van der Waals surface area contributed by atoms with Gasteiger partial charge in [-0.05, 0) is 24.1 Å². The molecule has 0 spiro atoms. The second kappa shape index (κ2) is 11.2. The van der Waals surface area contributed by atoms with Crippen molar-refractivity contribution < 1.29 is 38.9 Å². The minimum absolute atomic E-state index is 0.0706.